The summed E-state index contributed by atoms with van der Waals surface area (Å²) in [6.07, 6.45) is 29.0. The summed E-state index contributed by atoms with van der Waals surface area (Å²) in [5.41, 5.74) is 2.66. The van der Waals surface area contributed by atoms with Crippen molar-refractivity contribution in [1.82, 2.24) is 5.43 Å². The fourth-order valence-corrected chi connectivity index (χ4v) is 4.11. The predicted octanol–water partition coefficient (Wildman–Crippen LogP) is 8.46. The van der Waals surface area contributed by atoms with Crippen LogP contribution in [0.1, 0.15) is 162 Å². The number of amides is 1. The zero-order chi connectivity index (χ0) is 23.5. The zero-order valence-corrected chi connectivity index (χ0v) is 21.7. The van der Waals surface area contributed by atoms with Crippen molar-refractivity contribution in [2.75, 3.05) is 0 Å². The van der Waals surface area contributed by atoms with Crippen LogP contribution in [0.3, 0.4) is 0 Å². The molecule has 4 heteroatoms. The Morgan fingerprint density at radius 2 is 1.12 bits per heavy atom. The molecule has 1 atom stereocenters. The molecule has 190 valence electrons. The van der Waals surface area contributed by atoms with Gasteiger partial charge in [0.15, 0.2) is 0 Å². The van der Waals surface area contributed by atoms with Gasteiger partial charge in [-0.2, -0.15) is 5.10 Å². The minimum atomic E-state index is -0.0809. The van der Waals surface area contributed by atoms with Crippen molar-refractivity contribution in [3.8, 4) is 0 Å². The van der Waals surface area contributed by atoms with Gasteiger partial charge in [0.05, 0.1) is 6.10 Å². The fraction of sp³-hybridized carbons (Fsp3) is 0.929. The lowest BCUT2D eigenvalue weighted by Gasteiger charge is -2.10. The lowest BCUT2D eigenvalue weighted by atomic mass is 10.0. The van der Waals surface area contributed by atoms with Crippen LogP contribution in [-0.4, -0.2) is 23.3 Å². The molecule has 0 fully saturated rings. The zero-order valence-electron chi connectivity index (χ0n) is 21.7. The Bertz CT molecular complexity index is 412. The van der Waals surface area contributed by atoms with E-state index < -0.39 is 0 Å². The minimum Gasteiger partial charge on any atom is -0.393 e. The Kier molecular flexibility index (Phi) is 25.6. The smallest absolute Gasteiger partial charge is 0.240 e. The summed E-state index contributed by atoms with van der Waals surface area (Å²) in [7, 11) is 0. The van der Waals surface area contributed by atoms with E-state index in [1.807, 2.05) is 6.21 Å². The average molecular weight is 453 g/mol. The maximum atomic E-state index is 11.8. The Balaban J connectivity index is 3.29. The summed E-state index contributed by atoms with van der Waals surface area (Å²) in [6, 6.07) is 0. The maximum absolute atomic E-state index is 11.8. The lowest BCUT2D eigenvalue weighted by molar-refractivity contribution is -0.121. The number of rotatable bonds is 25. The molecule has 0 saturated carbocycles. The molecule has 0 heterocycles. The summed E-state index contributed by atoms with van der Waals surface area (Å²) >= 11 is 0. The van der Waals surface area contributed by atoms with Crippen LogP contribution in [0.4, 0.5) is 0 Å². The highest BCUT2D eigenvalue weighted by Gasteiger charge is 2.03. The molecular formula is C28H56N2O2. The van der Waals surface area contributed by atoms with Crippen LogP contribution < -0.4 is 5.43 Å². The van der Waals surface area contributed by atoms with E-state index in [4.69, 9.17) is 0 Å². The third kappa shape index (κ3) is 25.4. The summed E-state index contributed by atoms with van der Waals surface area (Å²) in [5, 5.41) is 14.1. The molecule has 4 nitrogen and oxygen atoms in total. The van der Waals surface area contributed by atoms with Gasteiger partial charge < -0.3 is 5.11 Å². The summed E-state index contributed by atoms with van der Waals surface area (Å²) in [6.45, 7) is 4.47. The van der Waals surface area contributed by atoms with Crippen LogP contribution in [0.15, 0.2) is 5.10 Å². The molecule has 0 aliphatic carbocycles. The van der Waals surface area contributed by atoms with E-state index in [-0.39, 0.29) is 12.0 Å². The van der Waals surface area contributed by atoms with E-state index in [0.29, 0.717) is 6.42 Å². The van der Waals surface area contributed by atoms with Gasteiger partial charge in [0, 0.05) is 12.6 Å². The molecule has 2 N–H and O–H groups in total. The van der Waals surface area contributed by atoms with Gasteiger partial charge in [-0.05, 0) is 32.1 Å². The number of aliphatic hydroxyl groups excluding tert-OH is 1. The highest BCUT2D eigenvalue weighted by molar-refractivity contribution is 5.76. The monoisotopic (exact) mass is 452 g/mol. The molecule has 0 aromatic carbocycles. The molecule has 0 rings (SSSR count). The Labute approximate surface area is 200 Å². The quantitative estimate of drug-likeness (QED) is 0.0828. The van der Waals surface area contributed by atoms with Crippen LogP contribution >= 0.6 is 0 Å². The molecule has 0 saturated heterocycles. The van der Waals surface area contributed by atoms with Crippen LogP contribution in [0.2, 0.25) is 0 Å². The SMILES string of the molecule is CCCCCCCCCC=NNC(=O)CCCCCCCCCC[C@H](O)CCCCCC. The first-order valence-electron chi connectivity index (χ1n) is 14.2. The van der Waals surface area contributed by atoms with Crippen molar-refractivity contribution in [1.29, 1.82) is 0 Å². The van der Waals surface area contributed by atoms with Crippen molar-refractivity contribution >= 4 is 12.1 Å². The second kappa shape index (κ2) is 26.4. The number of nitrogens with one attached hydrogen (secondary N) is 1. The fourth-order valence-electron chi connectivity index (χ4n) is 4.11. The van der Waals surface area contributed by atoms with Crippen LogP contribution in [0, 0.1) is 0 Å². The largest absolute Gasteiger partial charge is 0.393 e. The molecule has 0 bridgehead atoms. The highest BCUT2D eigenvalue weighted by atomic mass is 16.3. The first-order chi connectivity index (χ1) is 15.7. The van der Waals surface area contributed by atoms with Gasteiger partial charge in [-0.25, -0.2) is 5.43 Å². The Morgan fingerprint density at radius 1 is 0.688 bits per heavy atom. The standard InChI is InChI=1S/C28H56N2O2/c1-3-5-7-9-10-15-18-22-26-29-30-28(32)25-21-17-14-12-11-13-16-20-24-27(31)23-19-8-6-4-2/h26-27,31H,3-25H2,1-2H3,(H,30,32)/t27-/m1/s1. The summed E-state index contributed by atoms with van der Waals surface area (Å²) in [5.74, 6) is 0.0501. The van der Waals surface area contributed by atoms with Crippen LogP contribution in [0.25, 0.3) is 0 Å². The average Bonchev–Trinajstić information content (AvgIpc) is 2.79. The number of hydrogen-bond acceptors (Lipinski definition) is 3. The Hall–Kier alpha value is -0.900. The molecule has 0 aliphatic heterocycles. The lowest BCUT2D eigenvalue weighted by Crippen LogP contribution is -2.16. The third-order valence-electron chi connectivity index (χ3n) is 6.30. The normalized spacial score (nSPS) is 12.5. The van der Waals surface area contributed by atoms with E-state index in [0.717, 1.165) is 38.5 Å². The molecule has 32 heavy (non-hydrogen) atoms. The molecule has 0 radical (unpaired) electrons. The first kappa shape index (κ1) is 31.1. The molecule has 0 unspecified atom stereocenters. The van der Waals surface area contributed by atoms with E-state index in [2.05, 4.69) is 24.4 Å². The van der Waals surface area contributed by atoms with Crippen LogP contribution in [-0.2, 0) is 4.79 Å². The number of hydrogen-bond donors (Lipinski definition) is 2. The molecule has 1 amide bonds. The van der Waals surface area contributed by atoms with Crippen molar-refractivity contribution in [2.45, 2.75) is 168 Å². The van der Waals surface area contributed by atoms with Gasteiger partial charge >= 0.3 is 0 Å². The molecular weight excluding hydrogens is 396 g/mol. The summed E-state index contributed by atoms with van der Waals surface area (Å²) in [4.78, 5) is 11.8. The van der Waals surface area contributed by atoms with Crippen molar-refractivity contribution < 1.29 is 9.90 Å². The molecule has 0 aromatic heterocycles. The molecule has 0 aromatic rings. The number of aliphatic hydroxyl groups is 1. The topological polar surface area (TPSA) is 61.7 Å². The van der Waals surface area contributed by atoms with E-state index in [1.165, 1.54) is 103 Å². The van der Waals surface area contributed by atoms with Gasteiger partial charge in [-0.1, -0.05) is 123 Å². The first-order valence-corrected chi connectivity index (χ1v) is 14.2. The van der Waals surface area contributed by atoms with Gasteiger partial charge in [-0.3, -0.25) is 4.79 Å². The number of carbonyl (C=O) groups is 1. The minimum absolute atomic E-state index is 0.0501. The van der Waals surface area contributed by atoms with Gasteiger partial charge in [0.2, 0.25) is 5.91 Å². The van der Waals surface area contributed by atoms with Crippen molar-refractivity contribution in [3.63, 3.8) is 0 Å². The second-order valence-electron chi connectivity index (χ2n) is 9.63. The van der Waals surface area contributed by atoms with Crippen molar-refractivity contribution in [3.05, 3.63) is 0 Å². The van der Waals surface area contributed by atoms with E-state index in [1.54, 1.807) is 0 Å². The number of carbonyl (C=O) groups excluding carboxylic acids is 1. The predicted molar refractivity (Wildman–Crippen MR) is 140 cm³/mol. The number of nitrogens with zero attached hydrogens (tertiary/aromatic N) is 1. The van der Waals surface area contributed by atoms with E-state index in [9.17, 15) is 9.90 Å². The Morgan fingerprint density at radius 3 is 1.69 bits per heavy atom. The van der Waals surface area contributed by atoms with Crippen LogP contribution in [0.5, 0.6) is 0 Å². The number of unbranched alkanes of at least 4 members (excludes halogenated alkanes) is 17. The number of hydrazone groups is 1. The second-order valence-corrected chi connectivity index (χ2v) is 9.63. The molecule has 0 aliphatic rings. The van der Waals surface area contributed by atoms with Gasteiger partial charge in [0.25, 0.3) is 0 Å². The van der Waals surface area contributed by atoms with E-state index >= 15 is 0 Å². The molecule has 0 spiro atoms. The van der Waals surface area contributed by atoms with Gasteiger partial charge in [-0.15, -0.1) is 0 Å². The van der Waals surface area contributed by atoms with Gasteiger partial charge in [0.1, 0.15) is 0 Å². The summed E-state index contributed by atoms with van der Waals surface area (Å²) < 4.78 is 0. The van der Waals surface area contributed by atoms with Crippen molar-refractivity contribution in [2.24, 2.45) is 5.10 Å². The maximum Gasteiger partial charge on any atom is 0.240 e. The highest BCUT2D eigenvalue weighted by Crippen LogP contribution is 2.14. The third-order valence-corrected chi connectivity index (χ3v) is 6.30.